The van der Waals surface area contributed by atoms with E-state index in [9.17, 15) is 0 Å². The van der Waals surface area contributed by atoms with E-state index in [1.54, 1.807) is 6.20 Å². The lowest BCUT2D eigenvalue weighted by atomic mass is 10.1. The van der Waals surface area contributed by atoms with E-state index in [1.165, 1.54) is 5.56 Å². The number of nitrogen functional groups attached to an aromatic ring is 1. The summed E-state index contributed by atoms with van der Waals surface area (Å²) in [6, 6.07) is 10.0. The van der Waals surface area contributed by atoms with Crippen molar-refractivity contribution < 1.29 is 0 Å². The molecule has 4 nitrogen and oxygen atoms in total. The van der Waals surface area contributed by atoms with Crippen molar-refractivity contribution in [3.8, 4) is 0 Å². The quantitative estimate of drug-likeness (QED) is 0.739. The molecule has 0 amide bonds. The number of fused-ring (bicyclic) bond motifs is 1. The minimum absolute atomic E-state index is 0.758. The average Bonchev–Trinajstić information content (AvgIpc) is 2.49. The molecule has 0 fully saturated rings. The van der Waals surface area contributed by atoms with Crippen molar-refractivity contribution in [3.05, 3.63) is 60.7 Å². The highest BCUT2D eigenvalue weighted by molar-refractivity contribution is 6.00. The fourth-order valence-corrected chi connectivity index (χ4v) is 2.38. The van der Waals surface area contributed by atoms with Crippen LogP contribution in [-0.4, -0.2) is 17.0 Å². The van der Waals surface area contributed by atoms with Gasteiger partial charge in [0.15, 0.2) is 0 Å². The lowest BCUT2D eigenvalue weighted by Crippen LogP contribution is -2.16. The van der Waals surface area contributed by atoms with Gasteiger partial charge in [-0.25, -0.2) is 0 Å². The van der Waals surface area contributed by atoms with Crippen LogP contribution in [-0.2, 0) is 6.54 Å². The molecule has 0 aliphatic heterocycles. The number of nitrogens with zero attached hydrogens (tertiary/aromatic N) is 3. The molecule has 0 unspecified atom stereocenters. The molecule has 0 saturated carbocycles. The van der Waals surface area contributed by atoms with Crippen LogP contribution < -0.4 is 10.6 Å². The van der Waals surface area contributed by atoms with Crippen LogP contribution in [0.5, 0.6) is 0 Å². The smallest absolute Gasteiger partial charge is 0.0448 e. The maximum absolute atomic E-state index is 6.01. The van der Waals surface area contributed by atoms with Gasteiger partial charge in [-0.15, -0.1) is 0 Å². The second kappa shape index (κ2) is 5.17. The Bertz CT molecular complexity index is 725. The molecule has 3 aromatic rings. The molecule has 0 saturated heterocycles. The van der Waals surface area contributed by atoms with E-state index in [0.29, 0.717) is 0 Å². The molecule has 2 aromatic heterocycles. The number of rotatable bonds is 3. The zero-order valence-electron chi connectivity index (χ0n) is 11.3. The van der Waals surface area contributed by atoms with Crippen LogP contribution in [0.15, 0.2) is 55.1 Å². The fourth-order valence-electron chi connectivity index (χ4n) is 2.38. The number of aromatic nitrogens is 2. The zero-order valence-corrected chi connectivity index (χ0v) is 11.3. The fraction of sp³-hybridized carbons (Fsp3) is 0.125. The molecule has 3 rings (SSSR count). The Labute approximate surface area is 117 Å². The van der Waals surface area contributed by atoms with E-state index in [1.807, 2.05) is 42.9 Å². The molecule has 0 atom stereocenters. The molecular weight excluding hydrogens is 248 g/mol. The third-order valence-corrected chi connectivity index (χ3v) is 3.41. The van der Waals surface area contributed by atoms with Gasteiger partial charge < -0.3 is 10.6 Å². The molecular formula is C16H16N4. The summed E-state index contributed by atoms with van der Waals surface area (Å²) in [6.45, 7) is 0.823. The van der Waals surface area contributed by atoms with Gasteiger partial charge in [-0.1, -0.05) is 0 Å². The van der Waals surface area contributed by atoms with Crippen molar-refractivity contribution in [1.29, 1.82) is 0 Å². The molecule has 1 aromatic carbocycles. The maximum atomic E-state index is 6.01. The van der Waals surface area contributed by atoms with E-state index in [4.69, 9.17) is 5.73 Å². The Morgan fingerprint density at radius 2 is 1.70 bits per heavy atom. The number of pyridine rings is 2. The van der Waals surface area contributed by atoms with Crippen LogP contribution in [0, 0.1) is 0 Å². The van der Waals surface area contributed by atoms with Gasteiger partial charge in [-0.2, -0.15) is 0 Å². The van der Waals surface area contributed by atoms with Crippen molar-refractivity contribution in [2.24, 2.45) is 0 Å². The van der Waals surface area contributed by atoms with Crippen molar-refractivity contribution >= 4 is 22.1 Å². The molecule has 0 aliphatic carbocycles. The third-order valence-electron chi connectivity index (χ3n) is 3.41. The third kappa shape index (κ3) is 2.28. The summed E-state index contributed by atoms with van der Waals surface area (Å²) in [4.78, 5) is 10.4. The summed E-state index contributed by atoms with van der Waals surface area (Å²) in [5.41, 5.74) is 9.14. The second-order valence-electron chi connectivity index (χ2n) is 4.81. The highest BCUT2D eigenvalue weighted by Gasteiger charge is 2.08. The molecule has 0 radical (unpaired) electrons. The first-order valence-electron chi connectivity index (χ1n) is 6.48. The second-order valence-corrected chi connectivity index (χ2v) is 4.81. The summed E-state index contributed by atoms with van der Waals surface area (Å²) < 4.78 is 0. The van der Waals surface area contributed by atoms with Crippen LogP contribution in [0.3, 0.4) is 0 Å². The first-order valence-corrected chi connectivity index (χ1v) is 6.48. The van der Waals surface area contributed by atoms with E-state index in [2.05, 4.69) is 28.0 Å². The first-order chi connectivity index (χ1) is 9.75. The Kier molecular flexibility index (Phi) is 3.21. The molecule has 2 N–H and O–H groups in total. The topological polar surface area (TPSA) is 55.0 Å². The van der Waals surface area contributed by atoms with Gasteiger partial charge in [0.25, 0.3) is 0 Å². The Hall–Kier alpha value is -2.62. The molecule has 100 valence electrons. The summed E-state index contributed by atoms with van der Waals surface area (Å²) >= 11 is 0. The number of hydrogen-bond donors (Lipinski definition) is 1. The van der Waals surface area contributed by atoms with Crippen LogP contribution in [0.4, 0.5) is 11.4 Å². The highest BCUT2D eigenvalue weighted by Crippen LogP contribution is 2.30. The van der Waals surface area contributed by atoms with Gasteiger partial charge in [0.05, 0.1) is 0 Å². The summed E-state index contributed by atoms with van der Waals surface area (Å²) in [5.74, 6) is 0. The Morgan fingerprint density at radius 3 is 2.50 bits per heavy atom. The monoisotopic (exact) mass is 264 g/mol. The minimum Gasteiger partial charge on any atom is -0.398 e. The van der Waals surface area contributed by atoms with Gasteiger partial charge in [0, 0.05) is 60.5 Å². The Morgan fingerprint density at radius 1 is 0.950 bits per heavy atom. The highest BCUT2D eigenvalue weighted by atomic mass is 15.1. The summed E-state index contributed by atoms with van der Waals surface area (Å²) in [7, 11) is 2.08. The van der Waals surface area contributed by atoms with Gasteiger partial charge in [0.2, 0.25) is 0 Å². The minimum atomic E-state index is 0.758. The van der Waals surface area contributed by atoms with Gasteiger partial charge in [0.1, 0.15) is 0 Å². The average molecular weight is 264 g/mol. The maximum Gasteiger partial charge on any atom is 0.0448 e. The summed E-state index contributed by atoms with van der Waals surface area (Å²) in [6.07, 6.45) is 7.24. The predicted molar refractivity (Wildman–Crippen MR) is 82.5 cm³/mol. The van der Waals surface area contributed by atoms with E-state index in [0.717, 1.165) is 28.7 Å². The number of nitrogens with two attached hydrogens (primary N) is 1. The van der Waals surface area contributed by atoms with Crippen LogP contribution in [0.1, 0.15) is 5.56 Å². The van der Waals surface area contributed by atoms with Crippen LogP contribution >= 0.6 is 0 Å². The van der Waals surface area contributed by atoms with Crippen LogP contribution in [0.2, 0.25) is 0 Å². The zero-order chi connectivity index (χ0) is 13.9. The van der Waals surface area contributed by atoms with Crippen LogP contribution in [0.25, 0.3) is 10.8 Å². The molecule has 0 bridgehead atoms. The lowest BCUT2D eigenvalue weighted by molar-refractivity contribution is 0.924. The van der Waals surface area contributed by atoms with Crippen molar-refractivity contribution in [1.82, 2.24) is 9.97 Å². The Balaban J connectivity index is 2.00. The number of hydrogen-bond acceptors (Lipinski definition) is 4. The number of benzene rings is 1. The molecule has 0 aliphatic rings. The molecule has 0 spiro atoms. The van der Waals surface area contributed by atoms with Gasteiger partial charge in [-0.3, -0.25) is 9.97 Å². The van der Waals surface area contributed by atoms with Crippen molar-refractivity contribution in [2.75, 3.05) is 17.7 Å². The lowest BCUT2D eigenvalue weighted by Gasteiger charge is -2.21. The van der Waals surface area contributed by atoms with Gasteiger partial charge in [-0.05, 0) is 35.9 Å². The standard InChI is InChI=1S/C16H16N4/c1-20(11-12-4-7-18-8-5-12)16-3-2-15(17)14-10-19-9-6-13(14)16/h2-10H,11,17H2,1H3. The normalized spacial score (nSPS) is 10.7. The predicted octanol–water partition coefficient (Wildman–Crippen LogP) is 2.85. The molecule has 4 heteroatoms. The van der Waals surface area contributed by atoms with Crippen molar-refractivity contribution in [2.45, 2.75) is 6.54 Å². The van der Waals surface area contributed by atoms with E-state index in [-0.39, 0.29) is 0 Å². The van der Waals surface area contributed by atoms with Crippen molar-refractivity contribution in [3.63, 3.8) is 0 Å². The van der Waals surface area contributed by atoms with E-state index >= 15 is 0 Å². The molecule has 2 heterocycles. The number of anilines is 2. The molecule has 20 heavy (non-hydrogen) atoms. The SMILES string of the molecule is CN(Cc1ccncc1)c1ccc(N)c2cnccc12. The summed E-state index contributed by atoms with van der Waals surface area (Å²) in [5, 5.41) is 2.11. The van der Waals surface area contributed by atoms with Gasteiger partial charge >= 0.3 is 0 Å². The van der Waals surface area contributed by atoms with E-state index < -0.39 is 0 Å². The first kappa shape index (κ1) is 12.4. The largest absolute Gasteiger partial charge is 0.398 e.